The zero-order valence-electron chi connectivity index (χ0n) is 11.1. The first-order chi connectivity index (χ1) is 9.88. The van der Waals surface area contributed by atoms with Gasteiger partial charge >= 0.3 is 6.18 Å². The lowest BCUT2D eigenvalue weighted by Gasteiger charge is -2.11. The molecular weight excluding hydrogens is 285 g/mol. The van der Waals surface area contributed by atoms with E-state index in [0.29, 0.717) is 0 Å². The second-order valence-electron chi connectivity index (χ2n) is 4.27. The van der Waals surface area contributed by atoms with E-state index in [1.165, 1.54) is 0 Å². The van der Waals surface area contributed by atoms with E-state index in [1.54, 1.807) is 6.20 Å². The standard InChI is InChI=1S/C12H13F3N6/c1-7-2-3-8(5-17-7)6-18-10-4-9(12(13,14)15)19-11(20-10)21-16/h2-5H,6,16H2,1H3,(H2,18,19,20,21). The van der Waals surface area contributed by atoms with E-state index in [2.05, 4.69) is 20.3 Å². The Morgan fingerprint density at radius 1 is 1.24 bits per heavy atom. The lowest BCUT2D eigenvalue weighted by atomic mass is 10.2. The van der Waals surface area contributed by atoms with Crippen molar-refractivity contribution in [1.82, 2.24) is 15.0 Å². The van der Waals surface area contributed by atoms with Crippen molar-refractivity contribution in [3.8, 4) is 0 Å². The van der Waals surface area contributed by atoms with Crippen LogP contribution in [-0.2, 0) is 12.7 Å². The Bertz CT molecular complexity index is 611. The number of aromatic nitrogens is 3. The van der Waals surface area contributed by atoms with Crippen LogP contribution in [0.3, 0.4) is 0 Å². The molecule has 6 nitrogen and oxygen atoms in total. The summed E-state index contributed by atoms with van der Waals surface area (Å²) < 4.78 is 38.1. The van der Waals surface area contributed by atoms with Crippen molar-refractivity contribution in [2.24, 2.45) is 5.84 Å². The molecule has 2 heterocycles. The number of hydrazine groups is 1. The summed E-state index contributed by atoms with van der Waals surface area (Å²) in [5.74, 6) is 4.78. The fraction of sp³-hybridized carbons (Fsp3) is 0.250. The summed E-state index contributed by atoms with van der Waals surface area (Å²) in [6, 6.07) is 4.46. The van der Waals surface area contributed by atoms with Gasteiger partial charge in [0.1, 0.15) is 5.82 Å². The lowest BCUT2D eigenvalue weighted by Crippen LogP contribution is -2.16. The molecule has 0 radical (unpaired) electrons. The van der Waals surface area contributed by atoms with E-state index in [1.807, 2.05) is 24.5 Å². The highest BCUT2D eigenvalue weighted by Crippen LogP contribution is 2.29. The van der Waals surface area contributed by atoms with E-state index >= 15 is 0 Å². The van der Waals surface area contributed by atoms with E-state index in [0.717, 1.165) is 17.3 Å². The molecule has 2 aromatic rings. The fourth-order valence-electron chi connectivity index (χ4n) is 1.54. The van der Waals surface area contributed by atoms with Crippen LogP contribution in [0.1, 0.15) is 17.0 Å². The molecule has 0 aliphatic carbocycles. The van der Waals surface area contributed by atoms with Crippen LogP contribution in [0, 0.1) is 6.92 Å². The normalized spacial score (nSPS) is 11.3. The van der Waals surface area contributed by atoms with Gasteiger partial charge in [0.2, 0.25) is 5.95 Å². The molecule has 0 spiro atoms. The molecule has 4 N–H and O–H groups in total. The molecule has 0 amide bonds. The Hall–Kier alpha value is -2.42. The van der Waals surface area contributed by atoms with Gasteiger partial charge in [0.25, 0.3) is 0 Å². The Morgan fingerprint density at radius 3 is 2.57 bits per heavy atom. The third kappa shape index (κ3) is 4.02. The number of aryl methyl sites for hydroxylation is 1. The van der Waals surface area contributed by atoms with E-state index in [9.17, 15) is 13.2 Å². The first kappa shape index (κ1) is 15.0. The zero-order chi connectivity index (χ0) is 15.5. The van der Waals surface area contributed by atoms with Gasteiger partial charge in [0.15, 0.2) is 5.69 Å². The molecule has 112 valence electrons. The van der Waals surface area contributed by atoms with Crippen molar-refractivity contribution in [1.29, 1.82) is 0 Å². The maximum atomic E-state index is 12.7. The minimum Gasteiger partial charge on any atom is -0.366 e. The van der Waals surface area contributed by atoms with Gasteiger partial charge in [0, 0.05) is 24.5 Å². The van der Waals surface area contributed by atoms with E-state index in [4.69, 9.17) is 5.84 Å². The third-order valence-electron chi connectivity index (χ3n) is 2.59. The number of nitrogens with two attached hydrogens (primary N) is 1. The summed E-state index contributed by atoms with van der Waals surface area (Å²) in [4.78, 5) is 11.2. The number of pyridine rings is 1. The second kappa shape index (κ2) is 5.92. The van der Waals surface area contributed by atoms with Crippen molar-refractivity contribution < 1.29 is 13.2 Å². The Morgan fingerprint density at radius 2 is 2.00 bits per heavy atom. The van der Waals surface area contributed by atoms with Gasteiger partial charge in [-0.15, -0.1) is 0 Å². The Kier molecular flexibility index (Phi) is 4.22. The molecule has 0 saturated heterocycles. The molecule has 2 rings (SSSR count). The van der Waals surface area contributed by atoms with Gasteiger partial charge < -0.3 is 5.32 Å². The molecule has 0 aromatic carbocycles. The van der Waals surface area contributed by atoms with Gasteiger partial charge in [-0.1, -0.05) is 6.07 Å². The number of anilines is 2. The van der Waals surface area contributed by atoms with Crippen molar-refractivity contribution >= 4 is 11.8 Å². The van der Waals surface area contributed by atoms with Gasteiger partial charge in [-0.3, -0.25) is 10.4 Å². The van der Waals surface area contributed by atoms with Crippen LogP contribution in [0.15, 0.2) is 24.4 Å². The van der Waals surface area contributed by atoms with Gasteiger partial charge in [-0.25, -0.2) is 10.8 Å². The number of nitrogens with one attached hydrogen (secondary N) is 2. The maximum Gasteiger partial charge on any atom is 0.433 e. The Balaban J connectivity index is 2.17. The van der Waals surface area contributed by atoms with Crippen molar-refractivity contribution in [2.45, 2.75) is 19.6 Å². The highest BCUT2D eigenvalue weighted by molar-refractivity contribution is 5.43. The minimum atomic E-state index is -4.57. The highest BCUT2D eigenvalue weighted by atomic mass is 19.4. The first-order valence-corrected chi connectivity index (χ1v) is 5.97. The minimum absolute atomic E-state index is 0.0193. The molecule has 0 bridgehead atoms. The largest absolute Gasteiger partial charge is 0.433 e. The highest BCUT2D eigenvalue weighted by Gasteiger charge is 2.33. The molecular formula is C12H13F3N6. The van der Waals surface area contributed by atoms with Crippen LogP contribution in [-0.4, -0.2) is 15.0 Å². The van der Waals surface area contributed by atoms with Gasteiger partial charge in [0.05, 0.1) is 0 Å². The molecule has 0 atom stereocenters. The predicted molar refractivity (Wildman–Crippen MR) is 71.1 cm³/mol. The zero-order valence-corrected chi connectivity index (χ0v) is 11.1. The summed E-state index contributed by atoms with van der Waals surface area (Å²) >= 11 is 0. The SMILES string of the molecule is Cc1ccc(CNc2cc(C(F)(F)F)nc(NN)n2)cn1. The first-order valence-electron chi connectivity index (χ1n) is 5.97. The van der Waals surface area contributed by atoms with Gasteiger partial charge in [-0.05, 0) is 18.6 Å². The van der Waals surface area contributed by atoms with Crippen LogP contribution < -0.4 is 16.6 Å². The smallest absolute Gasteiger partial charge is 0.366 e. The molecule has 0 unspecified atom stereocenters. The summed E-state index contributed by atoms with van der Waals surface area (Å²) in [6.45, 7) is 2.13. The second-order valence-corrected chi connectivity index (χ2v) is 4.27. The number of alkyl halides is 3. The van der Waals surface area contributed by atoms with E-state index < -0.39 is 11.9 Å². The third-order valence-corrected chi connectivity index (χ3v) is 2.59. The van der Waals surface area contributed by atoms with Crippen molar-refractivity contribution in [2.75, 3.05) is 10.7 Å². The molecule has 0 saturated carbocycles. The lowest BCUT2D eigenvalue weighted by molar-refractivity contribution is -0.141. The summed E-state index contributed by atoms with van der Waals surface area (Å²) in [6.07, 6.45) is -2.94. The number of nitrogens with zero attached hydrogens (tertiary/aromatic N) is 3. The number of hydrogen-bond donors (Lipinski definition) is 3. The van der Waals surface area contributed by atoms with Crippen molar-refractivity contribution in [3.05, 3.63) is 41.3 Å². The van der Waals surface area contributed by atoms with Crippen LogP contribution >= 0.6 is 0 Å². The molecule has 0 fully saturated rings. The molecule has 0 aliphatic rings. The van der Waals surface area contributed by atoms with Crippen LogP contribution in [0.5, 0.6) is 0 Å². The van der Waals surface area contributed by atoms with Gasteiger partial charge in [-0.2, -0.15) is 18.2 Å². The number of halogens is 3. The monoisotopic (exact) mass is 298 g/mol. The summed E-state index contributed by atoms with van der Waals surface area (Å²) in [7, 11) is 0. The number of nitrogen functional groups attached to an aromatic ring is 1. The molecule has 21 heavy (non-hydrogen) atoms. The van der Waals surface area contributed by atoms with Crippen LogP contribution in [0.25, 0.3) is 0 Å². The maximum absolute atomic E-state index is 12.7. The van der Waals surface area contributed by atoms with E-state index in [-0.39, 0.29) is 18.3 Å². The molecule has 9 heteroatoms. The Labute approximate surface area is 118 Å². The number of rotatable bonds is 4. The molecule has 0 aliphatic heterocycles. The summed E-state index contributed by atoms with van der Waals surface area (Å²) in [5, 5.41) is 2.78. The predicted octanol–water partition coefficient (Wildman–Crippen LogP) is 2.10. The van der Waals surface area contributed by atoms with Crippen LogP contribution in [0.4, 0.5) is 24.9 Å². The van der Waals surface area contributed by atoms with Crippen molar-refractivity contribution in [3.63, 3.8) is 0 Å². The quantitative estimate of drug-likeness (QED) is 0.591. The summed E-state index contributed by atoms with van der Waals surface area (Å²) in [5.41, 5.74) is 2.61. The topological polar surface area (TPSA) is 88.8 Å². The van der Waals surface area contributed by atoms with Crippen LogP contribution in [0.2, 0.25) is 0 Å². The number of hydrogen-bond acceptors (Lipinski definition) is 6. The fourth-order valence-corrected chi connectivity index (χ4v) is 1.54. The molecule has 2 aromatic heterocycles. The average molecular weight is 298 g/mol. The average Bonchev–Trinajstić information content (AvgIpc) is 2.45.